The minimum Gasteiger partial charge on any atom is -0.490 e. The van der Waals surface area contributed by atoms with Crippen molar-refractivity contribution in [2.24, 2.45) is 0 Å². The van der Waals surface area contributed by atoms with E-state index in [0.29, 0.717) is 38.0 Å². The van der Waals surface area contributed by atoms with Crippen LogP contribution in [0.1, 0.15) is 38.3 Å². The number of para-hydroxylation sites is 1. The number of rotatable bonds is 7. The predicted molar refractivity (Wildman–Crippen MR) is 136 cm³/mol. The van der Waals surface area contributed by atoms with E-state index in [4.69, 9.17) is 27.9 Å². The van der Waals surface area contributed by atoms with Crippen LogP contribution in [0.2, 0.25) is 10.0 Å². The van der Waals surface area contributed by atoms with E-state index < -0.39 is 15.9 Å². The van der Waals surface area contributed by atoms with Crippen LogP contribution in [0, 0.1) is 0 Å². The molecular formula is C25H24Cl2N2O4S. The van der Waals surface area contributed by atoms with Gasteiger partial charge in [-0.1, -0.05) is 60.5 Å². The Kier molecular flexibility index (Phi) is 6.92. The Bertz CT molecular complexity index is 1450. The Hall–Kier alpha value is -2.58. The number of hydrogen-bond donors (Lipinski definition) is 2. The lowest BCUT2D eigenvalue weighted by molar-refractivity contribution is 0.211. The number of aromatic nitrogens is 2. The third kappa shape index (κ3) is 4.66. The SMILES string of the molecule is CCS(=O)(=O)c1ccc(C(O)c2nc3c(Cl)c(-c4ccccc4OC(C)C)c(Cl)cc3[nH]2)cc1. The summed E-state index contributed by atoms with van der Waals surface area (Å²) in [4.78, 5) is 7.82. The lowest BCUT2D eigenvalue weighted by Gasteiger charge is -2.16. The van der Waals surface area contributed by atoms with Gasteiger partial charge in [-0.25, -0.2) is 13.4 Å². The highest BCUT2D eigenvalue weighted by atomic mass is 35.5. The number of imidazole rings is 1. The van der Waals surface area contributed by atoms with E-state index in [1.165, 1.54) is 12.1 Å². The van der Waals surface area contributed by atoms with Gasteiger partial charge in [0.2, 0.25) is 0 Å². The molecule has 0 spiro atoms. The lowest BCUT2D eigenvalue weighted by Crippen LogP contribution is -2.06. The standard InChI is InChI=1S/C25H24Cl2N2O4S/c1-4-34(31,32)16-11-9-15(10-12-16)24(30)25-28-19-13-18(26)21(22(27)23(19)29-25)17-7-5-6-8-20(17)33-14(2)3/h5-14,24,30H,4H2,1-3H3,(H,28,29). The topological polar surface area (TPSA) is 92.3 Å². The number of H-pyrrole nitrogens is 1. The summed E-state index contributed by atoms with van der Waals surface area (Å²) in [6.07, 6.45) is -1.14. The van der Waals surface area contributed by atoms with Gasteiger partial charge >= 0.3 is 0 Å². The molecule has 0 aliphatic carbocycles. The fourth-order valence-corrected chi connectivity index (χ4v) is 5.27. The third-order valence-corrected chi connectivity index (χ3v) is 7.82. The first-order chi connectivity index (χ1) is 16.1. The second-order valence-corrected chi connectivity index (χ2v) is 11.2. The number of aromatic amines is 1. The summed E-state index contributed by atoms with van der Waals surface area (Å²) in [5.74, 6) is 0.923. The number of aliphatic hydroxyl groups is 1. The highest BCUT2D eigenvalue weighted by molar-refractivity contribution is 7.91. The van der Waals surface area contributed by atoms with E-state index in [1.54, 1.807) is 25.1 Å². The molecule has 178 valence electrons. The van der Waals surface area contributed by atoms with Crippen LogP contribution in [0.25, 0.3) is 22.2 Å². The Morgan fingerprint density at radius 1 is 1.09 bits per heavy atom. The van der Waals surface area contributed by atoms with Gasteiger partial charge in [-0.3, -0.25) is 0 Å². The molecule has 4 rings (SSSR count). The van der Waals surface area contributed by atoms with E-state index in [1.807, 2.05) is 38.1 Å². The van der Waals surface area contributed by atoms with Crippen molar-refractivity contribution < 1.29 is 18.3 Å². The van der Waals surface area contributed by atoms with Crippen molar-refractivity contribution in [2.75, 3.05) is 5.75 Å². The fourth-order valence-electron chi connectivity index (χ4n) is 3.69. The Balaban J connectivity index is 1.76. The molecule has 4 aromatic rings. The number of nitrogens with zero attached hydrogens (tertiary/aromatic N) is 1. The van der Waals surface area contributed by atoms with Crippen molar-refractivity contribution in [3.8, 4) is 16.9 Å². The molecular weight excluding hydrogens is 495 g/mol. The summed E-state index contributed by atoms with van der Waals surface area (Å²) < 4.78 is 30.0. The summed E-state index contributed by atoms with van der Waals surface area (Å²) in [6.45, 7) is 5.46. The molecule has 0 radical (unpaired) electrons. The number of ether oxygens (including phenoxy) is 1. The molecule has 1 aromatic heterocycles. The molecule has 0 aliphatic rings. The van der Waals surface area contributed by atoms with Gasteiger partial charge in [-0.2, -0.15) is 0 Å². The lowest BCUT2D eigenvalue weighted by atomic mass is 10.0. The average Bonchev–Trinajstić information content (AvgIpc) is 3.23. The summed E-state index contributed by atoms with van der Waals surface area (Å²) in [7, 11) is -3.33. The van der Waals surface area contributed by atoms with E-state index in [2.05, 4.69) is 9.97 Å². The normalized spacial score (nSPS) is 12.9. The zero-order valence-electron chi connectivity index (χ0n) is 18.8. The molecule has 2 N–H and O–H groups in total. The van der Waals surface area contributed by atoms with Crippen molar-refractivity contribution in [3.63, 3.8) is 0 Å². The van der Waals surface area contributed by atoms with E-state index in [9.17, 15) is 13.5 Å². The van der Waals surface area contributed by atoms with Crippen LogP contribution in [0.5, 0.6) is 5.75 Å². The third-order valence-electron chi connectivity index (χ3n) is 5.40. The van der Waals surface area contributed by atoms with Gasteiger partial charge in [0.05, 0.1) is 32.3 Å². The van der Waals surface area contributed by atoms with Crippen LogP contribution in [0.3, 0.4) is 0 Å². The van der Waals surface area contributed by atoms with Crippen LogP contribution < -0.4 is 4.74 Å². The zero-order chi connectivity index (χ0) is 24.6. The number of sulfone groups is 1. The molecule has 1 heterocycles. The highest BCUT2D eigenvalue weighted by Gasteiger charge is 2.22. The molecule has 0 bridgehead atoms. The van der Waals surface area contributed by atoms with Crippen molar-refractivity contribution >= 4 is 44.1 Å². The molecule has 0 saturated carbocycles. The van der Waals surface area contributed by atoms with Gasteiger partial charge in [0.15, 0.2) is 9.84 Å². The zero-order valence-corrected chi connectivity index (χ0v) is 21.2. The van der Waals surface area contributed by atoms with Gasteiger partial charge in [0, 0.05) is 11.1 Å². The minimum atomic E-state index is -3.33. The summed E-state index contributed by atoms with van der Waals surface area (Å²) in [5, 5.41) is 11.6. The molecule has 3 aromatic carbocycles. The Labute approximate surface area is 208 Å². The van der Waals surface area contributed by atoms with Crippen molar-refractivity contribution in [1.29, 1.82) is 0 Å². The second kappa shape index (κ2) is 9.58. The van der Waals surface area contributed by atoms with Crippen LogP contribution in [-0.2, 0) is 9.84 Å². The maximum absolute atomic E-state index is 12.1. The minimum absolute atomic E-state index is 0.00536. The van der Waals surface area contributed by atoms with Crippen molar-refractivity contribution in [1.82, 2.24) is 9.97 Å². The molecule has 34 heavy (non-hydrogen) atoms. The first kappa shape index (κ1) is 24.5. The van der Waals surface area contributed by atoms with Crippen molar-refractivity contribution in [2.45, 2.75) is 37.9 Å². The number of aliphatic hydroxyl groups excluding tert-OH is 1. The number of fused-ring (bicyclic) bond motifs is 1. The van der Waals surface area contributed by atoms with E-state index in [0.717, 1.165) is 5.56 Å². The number of nitrogens with one attached hydrogen (secondary N) is 1. The molecule has 9 heteroatoms. The maximum atomic E-state index is 12.1. The van der Waals surface area contributed by atoms with Crippen LogP contribution in [0.15, 0.2) is 59.5 Å². The predicted octanol–water partition coefficient (Wildman–Crippen LogP) is 6.20. The largest absolute Gasteiger partial charge is 0.490 e. The van der Waals surface area contributed by atoms with Crippen LogP contribution in [0.4, 0.5) is 0 Å². The molecule has 0 aliphatic heterocycles. The van der Waals surface area contributed by atoms with Gasteiger partial charge in [-0.15, -0.1) is 0 Å². The van der Waals surface area contributed by atoms with Crippen molar-refractivity contribution in [3.05, 3.63) is 76.0 Å². The number of benzene rings is 3. The molecule has 0 fully saturated rings. The maximum Gasteiger partial charge on any atom is 0.178 e. The molecule has 1 atom stereocenters. The molecule has 6 nitrogen and oxygen atoms in total. The van der Waals surface area contributed by atoms with E-state index in [-0.39, 0.29) is 22.6 Å². The quantitative estimate of drug-likeness (QED) is 0.303. The molecule has 1 unspecified atom stereocenters. The number of halogens is 2. The van der Waals surface area contributed by atoms with Crippen LogP contribution in [-0.4, -0.2) is 35.3 Å². The van der Waals surface area contributed by atoms with Crippen LogP contribution >= 0.6 is 23.2 Å². The van der Waals surface area contributed by atoms with E-state index >= 15 is 0 Å². The van der Waals surface area contributed by atoms with Gasteiger partial charge < -0.3 is 14.8 Å². The Morgan fingerprint density at radius 2 is 1.76 bits per heavy atom. The first-order valence-corrected chi connectivity index (χ1v) is 13.2. The molecule has 0 saturated heterocycles. The monoisotopic (exact) mass is 518 g/mol. The summed E-state index contributed by atoms with van der Waals surface area (Å²) >= 11 is 13.4. The number of hydrogen-bond acceptors (Lipinski definition) is 5. The second-order valence-electron chi connectivity index (χ2n) is 8.10. The van der Waals surface area contributed by atoms with Gasteiger partial charge in [0.25, 0.3) is 0 Å². The smallest absolute Gasteiger partial charge is 0.178 e. The summed E-state index contributed by atoms with van der Waals surface area (Å²) in [5.41, 5.74) is 2.85. The highest BCUT2D eigenvalue weighted by Crippen LogP contribution is 2.43. The molecule has 0 amide bonds. The Morgan fingerprint density at radius 3 is 2.41 bits per heavy atom. The summed E-state index contributed by atoms with van der Waals surface area (Å²) in [6, 6.07) is 15.3. The fraction of sp³-hybridized carbons (Fsp3) is 0.240. The first-order valence-electron chi connectivity index (χ1n) is 10.8. The van der Waals surface area contributed by atoms with Gasteiger partial charge in [-0.05, 0) is 43.7 Å². The van der Waals surface area contributed by atoms with Gasteiger partial charge in [0.1, 0.15) is 23.2 Å². The average molecular weight is 519 g/mol.